The summed E-state index contributed by atoms with van der Waals surface area (Å²) < 4.78 is 0. The van der Waals surface area contributed by atoms with Crippen LogP contribution in [0.2, 0.25) is 0 Å². The summed E-state index contributed by atoms with van der Waals surface area (Å²) in [5.74, 6) is -1.54. The third-order valence-corrected chi connectivity index (χ3v) is 4.08. The lowest BCUT2D eigenvalue weighted by Gasteiger charge is -2.26. The second kappa shape index (κ2) is 6.82. The molecule has 0 aromatic heterocycles. The fourth-order valence-electron chi connectivity index (χ4n) is 2.70. The Kier molecular flexibility index (Phi) is 4.59. The molecule has 1 aliphatic carbocycles. The van der Waals surface area contributed by atoms with Crippen LogP contribution in [0.1, 0.15) is 31.2 Å². The van der Waals surface area contributed by atoms with E-state index in [0.717, 1.165) is 18.4 Å². The number of amides is 2. The first-order chi connectivity index (χ1) is 11.5. The van der Waals surface area contributed by atoms with Crippen LogP contribution in [-0.2, 0) is 20.9 Å². The number of carboxylic acids is 1. The Balaban J connectivity index is 1.76. The standard InChI is InChI=1S/C17H19N3O4/c21-15-9-8-14(17(24)19(11-16(22)23)13-6-7-13)18-20(15)10-12-4-2-1-3-5-12/h1-5,13H,6-11H2,(H,22,23). The summed E-state index contributed by atoms with van der Waals surface area (Å²) in [5, 5.41) is 14.5. The first kappa shape index (κ1) is 16.2. The SMILES string of the molecule is O=C(O)CN(C(=O)C1=NN(Cc2ccccc2)C(=O)CC1)C1CC1. The highest BCUT2D eigenvalue weighted by Crippen LogP contribution is 2.27. The Bertz CT molecular complexity index is 682. The molecule has 7 heteroatoms. The molecule has 1 N–H and O–H groups in total. The minimum absolute atomic E-state index is 0.0171. The van der Waals surface area contributed by atoms with Gasteiger partial charge in [-0.05, 0) is 18.4 Å². The molecule has 1 aromatic rings. The molecule has 24 heavy (non-hydrogen) atoms. The predicted octanol–water partition coefficient (Wildman–Crippen LogP) is 1.24. The Labute approximate surface area is 139 Å². The fourth-order valence-corrected chi connectivity index (χ4v) is 2.70. The van der Waals surface area contributed by atoms with Crippen LogP contribution in [0.4, 0.5) is 0 Å². The monoisotopic (exact) mass is 329 g/mol. The van der Waals surface area contributed by atoms with Crippen LogP contribution in [0.3, 0.4) is 0 Å². The van der Waals surface area contributed by atoms with Crippen LogP contribution in [0.25, 0.3) is 0 Å². The van der Waals surface area contributed by atoms with E-state index in [1.165, 1.54) is 9.91 Å². The quantitative estimate of drug-likeness (QED) is 0.850. The number of hydrogen-bond donors (Lipinski definition) is 1. The van der Waals surface area contributed by atoms with Gasteiger partial charge in [-0.3, -0.25) is 14.4 Å². The van der Waals surface area contributed by atoms with E-state index in [0.29, 0.717) is 6.54 Å². The van der Waals surface area contributed by atoms with E-state index in [2.05, 4.69) is 5.10 Å². The number of carbonyl (C=O) groups excluding carboxylic acids is 2. The van der Waals surface area contributed by atoms with Gasteiger partial charge in [-0.25, -0.2) is 5.01 Å². The highest BCUT2D eigenvalue weighted by Gasteiger charge is 2.37. The first-order valence-corrected chi connectivity index (χ1v) is 7.99. The van der Waals surface area contributed by atoms with Crippen LogP contribution < -0.4 is 0 Å². The van der Waals surface area contributed by atoms with Crippen LogP contribution in [-0.4, -0.2) is 51.1 Å². The molecule has 2 amide bonds. The zero-order valence-electron chi connectivity index (χ0n) is 13.2. The lowest BCUT2D eigenvalue weighted by atomic mass is 10.1. The molecule has 0 atom stereocenters. The number of hydrogen-bond acceptors (Lipinski definition) is 4. The maximum atomic E-state index is 12.6. The van der Waals surface area contributed by atoms with Crippen molar-refractivity contribution in [1.82, 2.24) is 9.91 Å². The second-order valence-electron chi connectivity index (χ2n) is 6.04. The number of nitrogens with zero attached hydrogens (tertiary/aromatic N) is 3. The predicted molar refractivity (Wildman–Crippen MR) is 86.0 cm³/mol. The molecule has 126 valence electrons. The van der Waals surface area contributed by atoms with Crippen molar-refractivity contribution >= 4 is 23.5 Å². The summed E-state index contributed by atoms with van der Waals surface area (Å²) >= 11 is 0. The Morgan fingerprint density at radius 3 is 2.54 bits per heavy atom. The molecule has 1 heterocycles. The van der Waals surface area contributed by atoms with Crippen molar-refractivity contribution < 1.29 is 19.5 Å². The topological polar surface area (TPSA) is 90.3 Å². The van der Waals surface area contributed by atoms with E-state index >= 15 is 0 Å². The van der Waals surface area contributed by atoms with Crippen LogP contribution in [0.15, 0.2) is 35.4 Å². The Morgan fingerprint density at radius 2 is 1.92 bits per heavy atom. The normalized spacial score (nSPS) is 17.4. The summed E-state index contributed by atoms with van der Waals surface area (Å²) in [6.07, 6.45) is 2.10. The maximum Gasteiger partial charge on any atom is 0.323 e. The van der Waals surface area contributed by atoms with E-state index < -0.39 is 5.97 Å². The van der Waals surface area contributed by atoms with Crippen molar-refractivity contribution in [2.24, 2.45) is 5.10 Å². The third kappa shape index (κ3) is 3.79. The molecule has 1 aromatic carbocycles. The van der Waals surface area contributed by atoms with Gasteiger partial charge < -0.3 is 10.0 Å². The highest BCUT2D eigenvalue weighted by atomic mass is 16.4. The van der Waals surface area contributed by atoms with Gasteiger partial charge in [0.05, 0.1) is 6.54 Å². The van der Waals surface area contributed by atoms with Crippen molar-refractivity contribution in [3.8, 4) is 0 Å². The summed E-state index contributed by atoms with van der Waals surface area (Å²) in [6, 6.07) is 9.40. The number of carbonyl (C=O) groups is 3. The summed E-state index contributed by atoms with van der Waals surface area (Å²) in [4.78, 5) is 37.0. The van der Waals surface area contributed by atoms with Crippen LogP contribution in [0, 0.1) is 0 Å². The number of hydrazone groups is 1. The molecular formula is C17H19N3O4. The summed E-state index contributed by atoms with van der Waals surface area (Å²) in [6.45, 7) is -0.0199. The molecule has 0 spiro atoms. The van der Waals surface area contributed by atoms with Gasteiger partial charge in [-0.1, -0.05) is 30.3 Å². The van der Waals surface area contributed by atoms with Crippen molar-refractivity contribution in [3.05, 3.63) is 35.9 Å². The first-order valence-electron chi connectivity index (χ1n) is 7.99. The van der Waals surface area contributed by atoms with E-state index in [4.69, 9.17) is 5.11 Å². The number of aliphatic carboxylic acids is 1. The van der Waals surface area contributed by atoms with Gasteiger partial charge in [0, 0.05) is 18.9 Å². The Morgan fingerprint density at radius 1 is 1.21 bits per heavy atom. The average Bonchev–Trinajstić information content (AvgIpc) is 3.40. The van der Waals surface area contributed by atoms with Crippen molar-refractivity contribution in [1.29, 1.82) is 0 Å². The largest absolute Gasteiger partial charge is 0.480 e. The van der Waals surface area contributed by atoms with Crippen molar-refractivity contribution in [2.75, 3.05) is 6.54 Å². The van der Waals surface area contributed by atoms with E-state index in [1.807, 2.05) is 30.3 Å². The fraction of sp³-hybridized carbons (Fsp3) is 0.412. The lowest BCUT2D eigenvalue weighted by Crippen LogP contribution is -2.44. The van der Waals surface area contributed by atoms with Gasteiger partial charge in [0.25, 0.3) is 5.91 Å². The molecule has 1 aliphatic heterocycles. The minimum atomic E-state index is -1.04. The highest BCUT2D eigenvalue weighted by molar-refractivity contribution is 6.39. The smallest absolute Gasteiger partial charge is 0.323 e. The molecule has 3 rings (SSSR count). The minimum Gasteiger partial charge on any atom is -0.480 e. The summed E-state index contributed by atoms with van der Waals surface area (Å²) in [5.41, 5.74) is 1.19. The lowest BCUT2D eigenvalue weighted by molar-refractivity contribution is -0.142. The van der Waals surface area contributed by atoms with E-state index in [9.17, 15) is 14.4 Å². The molecule has 2 aliphatic rings. The van der Waals surface area contributed by atoms with E-state index in [-0.39, 0.29) is 43.0 Å². The van der Waals surface area contributed by atoms with Gasteiger partial charge in [0.1, 0.15) is 12.3 Å². The zero-order valence-corrected chi connectivity index (χ0v) is 13.2. The van der Waals surface area contributed by atoms with Gasteiger partial charge in [0.2, 0.25) is 5.91 Å². The molecule has 0 radical (unpaired) electrons. The molecule has 1 fully saturated rings. The zero-order chi connectivity index (χ0) is 17.1. The molecule has 1 saturated carbocycles. The average molecular weight is 329 g/mol. The number of rotatable bonds is 6. The van der Waals surface area contributed by atoms with Crippen LogP contribution in [0.5, 0.6) is 0 Å². The van der Waals surface area contributed by atoms with Gasteiger partial charge in [-0.2, -0.15) is 5.10 Å². The van der Waals surface area contributed by atoms with Crippen molar-refractivity contribution in [3.63, 3.8) is 0 Å². The second-order valence-corrected chi connectivity index (χ2v) is 6.04. The molecular weight excluding hydrogens is 310 g/mol. The molecule has 7 nitrogen and oxygen atoms in total. The number of benzene rings is 1. The number of carboxylic acid groups (broad SMARTS) is 1. The van der Waals surface area contributed by atoms with E-state index in [1.54, 1.807) is 0 Å². The third-order valence-electron chi connectivity index (χ3n) is 4.08. The van der Waals surface area contributed by atoms with Crippen LogP contribution >= 0.6 is 0 Å². The molecule has 0 unspecified atom stereocenters. The molecule has 0 bridgehead atoms. The van der Waals surface area contributed by atoms with Crippen molar-refractivity contribution in [2.45, 2.75) is 38.3 Å². The van der Waals surface area contributed by atoms with Gasteiger partial charge >= 0.3 is 5.97 Å². The summed E-state index contributed by atoms with van der Waals surface area (Å²) in [7, 11) is 0. The van der Waals surface area contributed by atoms with Gasteiger partial charge in [-0.15, -0.1) is 0 Å². The Hall–Kier alpha value is -2.70. The van der Waals surface area contributed by atoms with Gasteiger partial charge in [0.15, 0.2) is 0 Å². The molecule has 0 saturated heterocycles. The maximum absolute atomic E-state index is 12.6.